The van der Waals surface area contributed by atoms with Crippen LogP contribution in [0.3, 0.4) is 0 Å². The molecule has 3 rings (SSSR count). The van der Waals surface area contributed by atoms with E-state index in [2.05, 4.69) is 10.3 Å². The van der Waals surface area contributed by atoms with Crippen LogP contribution in [0.15, 0.2) is 0 Å². The molecule has 24 heavy (non-hydrogen) atoms. The molecule has 0 aromatic carbocycles. The van der Waals surface area contributed by atoms with Gasteiger partial charge in [0.15, 0.2) is 0 Å². The number of nitrogens with one attached hydrogen (secondary N) is 1. The van der Waals surface area contributed by atoms with Gasteiger partial charge in [0.25, 0.3) is 5.91 Å². The van der Waals surface area contributed by atoms with Gasteiger partial charge in [0.05, 0.1) is 17.1 Å². The molecule has 1 N–H and O–H groups in total. The fraction of sp³-hybridized carbons (Fsp3) is 0.625. The Morgan fingerprint density at radius 1 is 1.29 bits per heavy atom. The summed E-state index contributed by atoms with van der Waals surface area (Å²) in [5.74, 6) is -0.546. The number of fused-ring (bicyclic) bond motifs is 1. The average Bonchev–Trinajstić information content (AvgIpc) is 3.06. The fourth-order valence-electron chi connectivity index (χ4n) is 3.15. The summed E-state index contributed by atoms with van der Waals surface area (Å²) in [4.78, 5) is 44.1. The number of aryl methyl sites for hydroxylation is 2. The van der Waals surface area contributed by atoms with Gasteiger partial charge in [-0.2, -0.15) is 0 Å². The largest absolute Gasteiger partial charge is 0.356 e. The maximum atomic E-state index is 12.1. The summed E-state index contributed by atoms with van der Waals surface area (Å²) in [7, 11) is 2.98. The van der Waals surface area contributed by atoms with Gasteiger partial charge in [0.1, 0.15) is 6.04 Å². The van der Waals surface area contributed by atoms with Crippen LogP contribution >= 0.6 is 11.3 Å². The summed E-state index contributed by atoms with van der Waals surface area (Å²) in [5, 5.41) is 3.89. The molecular formula is C16H22N4O3S. The standard InChI is InChI=1S/C16H22N4O3S/c1-19-11(15(22)20(2)16(19)23)9-13(21)17-8-7-14-18-10-5-3-4-6-12(10)24-14/h11H,3-9H2,1-2H3,(H,17,21)/t11-/m0/s1. The first kappa shape index (κ1) is 16.9. The van der Waals surface area contributed by atoms with E-state index in [1.165, 1.54) is 35.4 Å². The normalized spacial score (nSPS) is 20.5. The molecule has 1 atom stereocenters. The topological polar surface area (TPSA) is 82.6 Å². The second-order valence-corrected chi connectivity index (χ2v) is 7.46. The van der Waals surface area contributed by atoms with E-state index in [-0.39, 0.29) is 24.3 Å². The molecule has 4 amide bonds. The van der Waals surface area contributed by atoms with Crippen LogP contribution in [-0.2, 0) is 28.9 Å². The highest BCUT2D eigenvalue weighted by atomic mass is 32.1. The Kier molecular flexibility index (Phi) is 4.84. The molecule has 1 aliphatic carbocycles. The summed E-state index contributed by atoms with van der Waals surface area (Å²) < 4.78 is 0. The minimum absolute atomic E-state index is 0.000216. The Bertz CT molecular complexity index is 649. The van der Waals surface area contributed by atoms with Gasteiger partial charge < -0.3 is 10.2 Å². The first-order valence-corrected chi connectivity index (χ1v) is 9.07. The monoisotopic (exact) mass is 350 g/mol. The first-order chi connectivity index (χ1) is 11.5. The quantitative estimate of drug-likeness (QED) is 0.802. The van der Waals surface area contributed by atoms with Crippen LogP contribution in [0.4, 0.5) is 4.79 Å². The molecule has 1 aromatic heterocycles. The number of carbonyl (C=O) groups excluding carboxylic acids is 3. The fourth-order valence-corrected chi connectivity index (χ4v) is 4.30. The molecule has 0 radical (unpaired) electrons. The molecule has 1 saturated heterocycles. The Balaban J connectivity index is 1.47. The lowest BCUT2D eigenvalue weighted by molar-refractivity contribution is -0.131. The number of amides is 4. The number of likely N-dealkylation sites (N-methyl/N-ethyl adjacent to an activating group) is 2. The van der Waals surface area contributed by atoms with E-state index in [9.17, 15) is 14.4 Å². The number of urea groups is 1. The number of rotatable bonds is 5. The molecule has 1 aliphatic heterocycles. The molecule has 130 valence electrons. The summed E-state index contributed by atoms with van der Waals surface area (Å²) >= 11 is 1.75. The van der Waals surface area contributed by atoms with E-state index in [1.807, 2.05) is 0 Å². The zero-order chi connectivity index (χ0) is 17.3. The highest BCUT2D eigenvalue weighted by Gasteiger charge is 2.41. The summed E-state index contributed by atoms with van der Waals surface area (Å²) in [6, 6.07) is -1.07. The number of hydrogen-bond donors (Lipinski definition) is 1. The predicted octanol–water partition coefficient (Wildman–Crippen LogP) is 0.963. The van der Waals surface area contributed by atoms with Crippen LogP contribution in [0.1, 0.15) is 34.8 Å². The van der Waals surface area contributed by atoms with Crippen LogP contribution in [0.25, 0.3) is 0 Å². The third kappa shape index (κ3) is 3.28. The lowest BCUT2D eigenvalue weighted by Gasteiger charge is -2.15. The van der Waals surface area contributed by atoms with Gasteiger partial charge >= 0.3 is 6.03 Å². The molecule has 2 aliphatic rings. The van der Waals surface area contributed by atoms with E-state index in [0.29, 0.717) is 13.0 Å². The zero-order valence-electron chi connectivity index (χ0n) is 14.0. The molecule has 1 fully saturated rings. The Hall–Kier alpha value is -1.96. The van der Waals surface area contributed by atoms with Crippen molar-refractivity contribution in [3.8, 4) is 0 Å². The molecular weight excluding hydrogens is 328 g/mol. The third-order valence-corrected chi connectivity index (χ3v) is 5.82. The number of hydrogen-bond acceptors (Lipinski definition) is 5. The predicted molar refractivity (Wildman–Crippen MR) is 89.8 cm³/mol. The molecule has 0 spiro atoms. The lowest BCUT2D eigenvalue weighted by atomic mass is 10.0. The number of nitrogens with zero attached hydrogens (tertiary/aromatic N) is 3. The van der Waals surface area contributed by atoms with Gasteiger partial charge in [-0.05, 0) is 25.7 Å². The SMILES string of the molecule is CN1C(=O)[C@H](CC(=O)NCCc2nc3c(s2)CCCC3)N(C)C1=O. The van der Waals surface area contributed by atoms with Gasteiger partial charge in [-0.1, -0.05) is 0 Å². The molecule has 0 saturated carbocycles. The van der Waals surface area contributed by atoms with Crippen molar-refractivity contribution in [1.29, 1.82) is 0 Å². The molecule has 1 aromatic rings. The van der Waals surface area contributed by atoms with E-state index in [0.717, 1.165) is 22.7 Å². The van der Waals surface area contributed by atoms with Crippen molar-refractivity contribution >= 4 is 29.2 Å². The van der Waals surface area contributed by atoms with Gasteiger partial charge in [0, 0.05) is 31.9 Å². The highest BCUT2D eigenvalue weighted by molar-refractivity contribution is 7.11. The van der Waals surface area contributed by atoms with Crippen molar-refractivity contribution < 1.29 is 14.4 Å². The van der Waals surface area contributed by atoms with Crippen molar-refractivity contribution in [2.45, 2.75) is 44.6 Å². The Morgan fingerprint density at radius 3 is 2.71 bits per heavy atom. The van der Waals surface area contributed by atoms with E-state index in [4.69, 9.17) is 0 Å². The second kappa shape index (κ2) is 6.88. The molecule has 0 bridgehead atoms. The maximum Gasteiger partial charge on any atom is 0.326 e. The van der Waals surface area contributed by atoms with Gasteiger partial charge in [-0.3, -0.25) is 14.5 Å². The molecule has 2 heterocycles. The number of thiazole rings is 1. The lowest BCUT2D eigenvalue weighted by Crippen LogP contribution is -2.37. The maximum absolute atomic E-state index is 12.1. The van der Waals surface area contributed by atoms with Crippen LogP contribution in [0, 0.1) is 0 Å². The van der Waals surface area contributed by atoms with Crippen LogP contribution in [-0.4, -0.2) is 59.3 Å². The van der Waals surface area contributed by atoms with E-state index >= 15 is 0 Å². The van der Waals surface area contributed by atoms with Gasteiger partial charge in [0.2, 0.25) is 5.91 Å². The summed E-state index contributed by atoms with van der Waals surface area (Å²) in [6.07, 6.45) is 5.34. The van der Waals surface area contributed by atoms with E-state index in [1.54, 1.807) is 18.4 Å². The van der Waals surface area contributed by atoms with Crippen molar-refractivity contribution in [2.24, 2.45) is 0 Å². The van der Waals surface area contributed by atoms with Crippen molar-refractivity contribution in [1.82, 2.24) is 20.1 Å². The second-order valence-electron chi connectivity index (χ2n) is 6.30. The number of aromatic nitrogens is 1. The molecule has 8 heteroatoms. The smallest absolute Gasteiger partial charge is 0.326 e. The third-order valence-electron chi connectivity index (χ3n) is 4.60. The Labute approximate surface area is 145 Å². The summed E-state index contributed by atoms with van der Waals surface area (Å²) in [5.41, 5.74) is 1.23. The number of carbonyl (C=O) groups is 3. The van der Waals surface area contributed by atoms with Gasteiger partial charge in [-0.25, -0.2) is 9.78 Å². The number of imide groups is 1. The highest BCUT2D eigenvalue weighted by Crippen LogP contribution is 2.26. The van der Waals surface area contributed by atoms with Crippen LogP contribution < -0.4 is 5.32 Å². The van der Waals surface area contributed by atoms with Crippen LogP contribution in [0.2, 0.25) is 0 Å². The van der Waals surface area contributed by atoms with Crippen LogP contribution in [0.5, 0.6) is 0 Å². The van der Waals surface area contributed by atoms with Gasteiger partial charge in [-0.15, -0.1) is 11.3 Å². The minimum Gasteiger partial charge on any atom is -0.356 e. The Morgan fingerprint density at radius 2 is 2.04 bits per heavy atom. The van der Waals surface area contributed by atoms with E-state index < -0.39 is 6.04 Å². The molecule has 7 nitrogen and oxygen atoms in total. The van der Waals surface area contributed by atoms with Crippen molar-refractivity contribution in [3.05, 3.63) is 15.6 Å². The average molecular weight is 350 g/mol. The first-order valence-electron chi connectivity index (χ1n) is 8.26. The van der Waals surface area contributed by atoms with Crippen molar-refractivity contribution in [3.63, 3.8) is 0 Å². The molecule has 0 unspecified atom stereocenters. The summed E-state index contributed by atoms with van der Waals surface area (Å²) in [6.45, 7) is 0.500. The zero-order valence-corrected chi connectivity index (χ0v) is 14.8. The minimum atomic E-state index is -0.699. The van der Waals surface area contributed by atoms with Crippen molar-refractivity contribution in [2.75, 3.05) is 20.6 Å².